The van der Waals surface area contributed by atoms with E-state index in [9.17, 15) is 0 Å². The van der Waals surface area contributed by atoms with Gasteiger partial charge < -0.3 is 8.92 Å². The number of fused-ring (bicyclic) bond motifs is 1. The van der Waals surface area contributed by atoms with Gasteiger partial charge in [-0.05, 0) is 38.6 Å². The fourth-order valence-electron chi connectivity index (χ4n) is 3.59. The predicted molar refractivity (Wildman–Crippen MR) is 94.0 cm³/mol. The van der Waals surface area contributed by atoms with Crippen molar-refractivity contribution in [3.05, 3.63) is 48.0 Å². The fraction of sp³-hybridized carbons (Fsp3) is 0.500. The molecule has 1 aliphatic rings. The first-order chi connectivity index (χ1) is 12.2. The van der Waals surface area contributed by atoms with Gasteiger partial charge >= 0.3 is 0 Å². The van der Waals surface area contributed by atoms with E-state index in [4.69, 9.17) is 9.51 Å². The topological polar surface area (TPSA) is 62.7 Å². The summed E-state index contributed by atoms with van der Waals surface area (Å²) in [6.07, 6.45) is 6.57. The third-order valence-electron chi connectivity index (χ3n) is 4.86. The highest BCUT2D eigenvalue weighted by molar-refractivity contribution is 5.39. The molecule has 7 heteroatoms. The summed E-state index contributed by atoms with van der Waals surface area (Å²) in [6.45, 7) is 5.57. The Hall–Kier alpha value is -2.25. The van der Waals surface area contributed by atoms with E-state index in [1.807, 2.05) is 31.3 Å². The summed E-state index contributed by atoms with van der Waals surface area (Å²) in [5.41, 5.74) is 2.11. The lowest BCUT2D eigenvalue weighted by Gasteiger charge is -2.36. The maximum absolute atomic E-state index is 5.08. The molecule has 1 saturated heterocycles. The van der Waals surface area contributed by atoms with Gasteiger partial charge in [-0.25, -0.2) is 4.98 Å². The molecule has 1 fully saturated rings. The van der Waals surface area contributed by atoms with Gasteiger partial charge in [-0.1, -0.05) is 11.2 Å². The van der Waals surface area contributed by atoms with Gasteiger partial charge in [0.05, 0.1) is 12.2 Å². The van der Waals surface area contributed by atoms with Crippen molar-refractivity contribution in [1.29, 1.82) is 0 Å². The van der Waals surface area contributed by atoms with Crippen LogP contribution in [-0.2, 0) is 13.1 Å². The van der Waals surface area contributed by atoms with Crippen molar-refractivity contribution in [3.63, 3.8) is 0 Å². The number of hydrogen-bond donors (Lipinski definition) is 0. The van der Waals surface area contributed by atoms with Crippen LogP contribution >= 0.6 is 0 Å². The van der Waals surface area contributed by atoms with E-state index in [-0.39, 0.29) is 0 Å². The molecule has 4 rings (SSSR count). The molecule has 1 aliphatic heterocycles. The van der Waals surface area contributed by atoms with Crippen molar-refractivity contribution in [2.45, 2.75) is 38.9 Å². The molecule has 0 amide bonds. The maximum Gasteiger partial charge on any atom is 0.223 e. The largest absolute Gasteiger partial charge is 0.340 e. The van der Waals surface area contributed by atoms with Gasteiger partial charge in [0.1, 0.15) is 5.65 Å². The average Bonchev–Trinajstić information content (AvgIpc) is 3.20. The van der Waals surface area contributed by atoms with E-state index in [1.165, 1.54) is 12.8 Å². The zero-order chi connectivity index (χ0) is 17.2. The first-order valence-electron chi connectivity index (χ1n) is 8.82. The summed E-state index contributed by atoms with van der Waals surface area (Å²) in [5.74, 6) is 1.41. The molecule has 1 atom stereocenters. The molecule has 0 radical (unpaired) electrons. The zero-order valence-corrected chi connectivity index (χ0v) is 14.8. The minimum atomic E-state index is 0.520. The lowest BCUT2D eigenvalue weighted by molar-refractivity contribution is 0.104. The molecule has 0 saturated carbocycles. The standard InChI is InChI=1S/C18H24N6O/c1-14-19-17(21-25-14)13-23-8-5-6-16(12-23)22(2)10-15-11-24-9-4-3-7-18(24)20-15/h3-4,7,9,11,16H,5-6,8,10,12-13H2,1-2H3. The van der Waals surface area contributed by atoms with Gasteiger partial charge in [-0.2, -0.15) is 4.98 Å². The molecule has 4 heterocycles. The molecule has 3 aromatic heterocycles. The van der Waals surface area contributed by atoms with Crippen LogP contribution in [0.25, 0.3) is 5.65 Å². The first-order valence-corrected chi connectivity index (χ1v) is 8.82. The Kier molecular flexibility index (Phi) is 4.50. The molecule has 1 unspecified atom stereocenters. The van der Waals surface area contributed by atoms with E-state index in [0.717, 1.165) is 43.3 Å². The maximum atomic E-state index is 5.08. The Morgan fingerprint density at radius 3 is 3.04 bits per heavy atom. The first kappa shape index (κ1) is 16.2. The van der Waals surface area contributed by atoms with Gasteiger partial charge in [0.15, 0.2) is 5.82 Å². The second-order valence-electron chi connectivity index (χ2n) is 6.87. The van der Waals surface area contributed by atoms with Gasteiger partial charge in [0.2, 0.25) is 5.89 Å². The van der Waals surface area contributed by atoms with Crippen LogP contribution in [0, 0.1) is 6.92 Å². The van der Waals surface area contributed by atoms with E-state index in [0.29, 0.717) is 11.9 Å². The number of aryl methyl sites for hydroxylation is 1. The second kappa shape index (κ2) is 6.93. The number of likely N-dealkylation sites (tertiary alicyclic amines) is 1. The normalized spacial score (nSPS) is 19.1. The molecule has 3 aromatic rings. The van der Waals surface area contributed by atoms with Crippen LogP contribution in [0.2, 0.25) is 0 Å². The molecule has 0 N–H and O–H groups in total. The summed E-state index contributed by atoms with van der Waals surface area (Å²) in [4.78, 5) is 13.9. The molecule has 132 valence electrons. The number of likely N-dealkylation sites (N-methyl/N-ethyl adjacent to an activating group) is 1. The number of pyridine rings is 1. The Morgan fingerprint density at radius 1 is 1.32 bits per heavy atom. The fourth-order valence-corrected chi connectivity index (χ4v) is 3.59. The van der Waals surface area contributed by atoms with Crippen LogP contribution in [0.15, 0.2) is 35.1 Å². The van der Waals surface area contributed by atoms with Crippen molar-refractivity contribution in [2.24, 2.45) is 0 Å². The molecule has 25 heavy (non-hydrogen) atoms. The lowest BCUT2D eigenvalue weighted by atomic mass is 10.0. The Balaban J connectivity index is 1.38. The second-order valence-corrected chi connectivity index (χ2v) is 6.87. The third-order valence-corrected chi connectivity index (χ3v) is 4.86. The molecule has 7 nitrogen and oxygen atoms in total. The van der Waals surface area contributed by atoms with Crippen molar-refractivity contribution < 1.29 is 4.52 Å². The van der Waals surface area contributed by atoms with Crippen LogP contribution in [0.3, 0.4) is 0 Å². The number of piperidine rings is 1. The Morgan fingerprint density at radius 2 is 2.24 bits per heavy atom. The molecular formula is C18H24N6O. The van der Waals surface area contributed by atoms with Gasteiger partial charge in [-0.15, -0.1) is 0 Å². The van der Waals surface area contributed by atoms with Crippen molar-refractivity contribution in [2.75, 3.05) is 20.1 Å². The van der Waals surface area contributed by atoms with Crippen molar-refractivity contribution in [3.8, 4) is 0 Å². The number of rotatable bonds is 5. The average molecular weight is 340 g/mol. The molecule has 0 aliphatic carbocycles. The highest BCUT2D eigenvalue weighted by Crippen LogP contribution is 2.18. The summed E-state index contributed by atoms with van der Waals surface area (Å²) in [5, 5.41) is 4.02. The summed E-state index contributed by atoms with van der Waals surface area (Å²) >= 11 is 0. The summed E-state index contributed by atoms with van der Waals surface area (Å²) < 4.78 is 7.16. The SMILES string of the molecule is Cc1nc(CN2CCCC(N(C)Cc3cn4ccccc4n3)C2)no1. The van der Waals surface area contributed by atoms with Gasteiger partial charge in [-0.3, -0.25) is 9.80 Å². The monoisotopic (exact) mass is 340 g/mol. The highest BCUT2D eigenvalue weighted by atomic mass is 16.5. The van der Waals surface area contributed by atoms with Gasteiger partial charge in [0.25, 0.3) is 0 Å². The third kappa shape index (κ3) is 3.72. The van der Waals surface area contributed by atoms with Crippen LogP contribution in [0.5, 0.6) is 0 Å². The molecular weight excluding hydrogens is 316 g/mol. The molecule has 0 aromatic carbocycles. The van der Waals surface area contributed by atoms with E-state index < -0.39 is 0 Å². The number of nitrogens with zero attached hydrogens (tertiary/aromatic N) is 6. The summed E-state index contributed by atoms with van der Waals surface area (Å²) in [7, 11) is 2.19. The van der Waals surface area contributed by atoms with Gasteiger partial charge in [0, 0.05) is 38.4 Å². The molecule has 0 bridgehead atoms. The Bertz CT molecular complexity index is 808. The van der Waals surface area contributed by atoms with Crippen molar-refractivity contribution >= 4 is 5.65 Å². The number of aromatic nitrogens is 4. The summed E-state index contributed by atoms with van der Waals surface area (Å²) in [6, 6.07) is 6.61. The van der Waals surface area contributed by atoms with E-state index in [1.54, 1.807) is 0 Å². The highest BCUT2D eigenvalue weighted by Gasteiger charge is 2.24. The Labute approximate surface area is 147 Å². The number of hydrogen-bond acceptors (Lipinski definition) is 6. The predicted octanol–water partition coefficient (Wildman–Crippen LogP) is 2.12. The lowest BCUT2D eigenvalue weighted by Crippen LogP contribution is -2.45. The van der Waals surface area contributed by atoms with Crippen molar-refractivity contribution in [1.82, 2.24) is 29.3 Å². The number of imidazole rings is 1. The van der Waals surface area contributed by atoms with Crippen LogP contribution in [-0.4, -0.2) is 55.5 Å². The minimum Gasteiger partial charge on any atom is -0.340 e. The molecule has 0 spiro atoms. The smallest absolute Gasteiger partial charge is 0.223 e. The van der Waals surface area contributed by atoms with Crippen LogP contribution in [0.4, 0.5) is 0 Å². The zero-order valence-electron chi connectivity index (χ0n) is 14.8. The van der Waals surface area contributed by atoms with Crippen LogP contribution in [0.1, 0.15) is 30.3 Å². The van der Waals surface area contributed by atoms with E-state index >= 15 is 0 Å². The minimum absolute atomic E-state index is 0.520. The van der Waals surface area contributed by atoms with Crippen LogP contribution < -0.4 is 0 Å². The van der Waals surface area contributed by atoms with E-state index in [2.05, 4.69) is 37.6 Å². The quantitative estimate of drug-likeness (QED) is 0.709.